The third-order valence-corrected chi connectivity index (χ3v) is 7.16. The van der Waals surface area contributed by atoms with Crippen LogP contribution in [-0.4, -0.2) is 48.0 Å². The predicted molar refractivity (Wildman–Crippen MR) is 130 cm³/mol. The van der Waals surface area contributed by atoms with Crippen molar-refractivity contribution in [2.75, 3.05) is 13.2 Å². The molecule has 0 bridgehead atoms. The number of ketones is 1. The number of ether oxygens (including phenoxy) is 3. The molecule has 0 aromatic heterocycles. The van der Waals surface area contributed by atoms with E-state index in [4.69, 9.17) is 25.8 Å². The molecule has 1 fully saturated rings. The van der Waals surface area contributed by atoms with Crippen LogP contribution < -0.4 is 4.74 Å². The van der Waals surface area contributed by atoms with Crippen molar-refractivity contribution in [2.45, 2.75) is 64.2 Å². The molecule has 7 nitrogen and oxygen atoms in total. The fourth-order valence-corrected chi connectivity index (χ4v) is 5.19. The van der Waals surface area contributed by atoms with Gasteiger partial charge in [-0.15, -0.1) is 0 Å². The Bertz CT molecular complexity index is 1180. The van der Waals surface area contributed by atoms with Crippen LogP contribution in [-0.2, 0) is 27.3 Å². The number of fused-ring (bicyclic) bond motifs is 4. The Balaban J connectivity index is 1.30. The van der Waals surface area contributed by atoms with E-state index >= 15 is 0 Å². The molecule has 1 aliphatic carbocycles. The Hall–Kier alpha value is -3.06. The molecule has 0 spiro atoms. The van der Waals surface area contributed by atoms with Gasteiger partial charge in [-0.05, 0) is 79.1 Å². The number of carbonyl (C=O) groups is 3. The van der Waals surface area contributed by atoms with E-state index in [0.717, 1.165) is 40.8 Å². The number of unbranched alkanes of at least 4 members (excludes halogenated alkanes) is 1. The van der Waals surface area contributed by atoms with E-state index in [-0.39, 0.29) is 5.78 Å². The molecular formula is C27H28ClNO6. The number of Topliss-reactive ketones (excluding diaryl/α,β-unsaturated/α-hetero) is 1. The van der Waals surface area contributed by atoms with Crippen LogP contribution in [0.15, 0.2) is 30.3 Å². The maximum absolute atomic E-state index is 13.3. The zero-order valence-electron chi connectivity index (χ0n) is 19.7. The summed E-state index contributed by atoms with van der Waals surface area (Å²) in [6, 6.07) is 8.74. The summed E-state index contributed by atoms with van der Waals surface area (Å²) >= 11 is 6.10. The van der Waals surface area contributed by atoms with Gasteiger partial charge in [0.25, 0.3) is 0 Å². The van der Waals surface area contributed by atoms with Gasteiger partial charge in [0.15, 0.2) is 6.10 Å². The minimum Gasteiger partial charge on any atom is -0.488 e. The van der Waals surface area contributed by atoms with Crippen LogP contribution in [0, 0.1) is 0 Å². The van der Waals surface area contributed by atoms with Gasteiger partial charge in [-0.3, -0.25) is 9.69 Å². The zero-order valence-corrected chi connectivity index (χ0v) is 20.4. The quantitative estimate of drug-likeness (QED) is 0.409. The summed E-state index contributed by atoms with van der Waals surface area (Å²) in [5.41, 5.74) is 4.40. The Kier molecular flexibility index (Phi) is 6.69. The summed E-state index contributed by atoms with van der Waals surface area (Å²) in [5.74, 6) is -0.0172. The molecule has 2 heterocycles. The number of hydrogen-bond acceptors (Lipinski definition) is 6. The third kappa shape index (κ3) is 4.61. The van der Waals surface area contributed by atoms with Crippen molar-refractivity contribution in [3.63, 3.8) is 0 Å². The third-order valence-electron chi connectivity index (χ3n) is 6.92. The van der Waals surface area contributed by atoms with E-state index in [0.29, 0.717) is 56.0 Å². The number of nitrogens with zero attached hydrogens (tertiary/aromatic N) is 1. The molecular weight excluding hydrogens is 470 g/mol. The van der Waals surface area contributed by atoms with Crippen LogP contribution in [0.3, 0.4) is 0 Å². The van der Waals surface area contributed by atoms with Crippen molar-refractivity contribution in [1.82, 2.24) is 4.90 Å². The lowest BCUT2D eigenvalue weighted by molar-refractivity contribution is -0.152. The molecule has 0 saturated carbocycles. The molecule has 1 amide bonds. The molecule has 35 heavy (non-hydrogen) atoms. The average Bonchev–Trinajstić information content (AvgIpc) is 3.35. The number of amides is 1. The largest absolute Gasteiger partial charge is 0.488 e. The minimum atomic E-state index is -0.859. The highest BCUT2D eigenvalue weighted by molar-refractivity contribution is 6.30. The molecule has 2 unspecified atom stereocenters. The zero-order chi connectivity index (χ0) is 24.5. The number of carbonyl (C=O) groups excluding carboxylic acids is 3. The van der Waals surface area contributed by atoms with Crippen LogP contribution in [0.25, 0.3) is 11.1 Å². The Morgan fingerprint density at radius 3 is 2.77 bits per heavy atom. The number of hydrogen-bond donors (Lipinski definition) is 0. The topological polar surface area (TPSA) is 82.1 Å². The molecule has 1 saturated heterocycles. The van der Waals surface area contributed by atoms with Gasteiger partial charge in [0.05, 0.1) is 6.61 Å². The van der Waals surface area contributed by atoms with Gasteiger partial charge in [0, 0.05) is 22.7 Å². The van der Waals surface area contributed by atoms with Gasteiger partial charge in [0.2, 0.25) is 5.78 Å². The van der Waals surface area contributed by atoms with Gasteiger partial charge in [-0.2, -0.15) is 0 Å². The van der Waals surface area contributed by atoms with Crippen molar-refractivity contribution < 1.29 is 28.6 Å². The Labute approximate surface area is 209 Å². The first-order chi connectivity index (χ1) is 17.0. The number of aryl methyl sites for hydroxylation is 1. The summed E-state index contributed by atoms with van der Waals surface area (Å²) in [4.78, 5) is 40.1. The fourth-order valence-electron chi connectivity index (χ4n) is 5.03. The lowest BCUT2D eigenvalue weighted by Crippen LogP contribution is -2.44. The van der Waals surface area contributed by atoms with Crippen molar-refractivity contribution >= 4 is 29.4 Å². The van der Waals surface area contributed by atoms with Gasteiger partial charge in [-0.25, -0.2) is 9.59 Å². The van der Waals surface area contributed by atoms with Crippen LogP contribution in [0.5, 0.6) is 5.75 Å². The van der Waals surface area contributed by atoms with E-state index in [2.05, 4.69) is 0 Å². The SMILES string of the molecule is CCCCOC(=O)N1CCCC1C(=O)OC1CCc2cc3c(cc2C1=O)COc1cc(Cl)ccc1-3. The highest BCUT2D eigenvalue weighted by atomic mass is 35.5. The summed E-state index contributed by atoms with van der Waals surface area (Å²) < 4.78 is 16.8. The molecule has 8 heteroatoms. The molecule has 184 valence electrons. The van der Waals surface area contributed by atoms with E-state index in [1.165, 1.54) is 4.90 Å². The first-order valence-corrected chi connectivity index (χ1v) is 12.6. The first-order valence-electron chi connectivity index (χ1n) is 12.2. The van der Waals surface area contributed by atoms with Crippen molar-refractivity contribution in [3.8, 4) is 16.9 Å². The maximum atomic E-state index is 13.3. The number of rotatable bonds is 5. The minimum absolute atomic E-state index is 0.209. The Morgan fingerprint density at radius 2 is 1.94 bits per heavy atom. The molecule has 2 aromatic rings. The monoisotopic (exact) mass is 497 g/mol. The number of esters is 1. The van der Waals surface area contributed by atoms with Gasteiger partial charge >= 0.3 is 12.1 Å². The smallest absolute Gasteiger partial charge is 0.410 e. The highest BCUT2D eigenvalue weighted by Crippen LogP contribution is 2.41. The average molecular weight is 498 g/mol. The second kappa shape index (κ2) is 9.90. The maximum Gasteiger partial charge on any atom is 0.410 e. The van der Waals surface area contributed by atoms with Crippen molar-refractivity contribution in [1.29, 1.82) is 0 Å². The van der Waals surface area contributed by atoms with Crippen LogP contribution in [0.4, 0.5) is 4.79 Å². The van der Waals surface area contributed by atoms with E-state index < -0.39 is 24.2 Å². The van der Waals surface area contributed by atoms with Crippen LogP contribution in [0.1, 0.15) is 60.5 Å². The highest BCUT2D eigenvalue weighted by Gasteiger charge is 2.39. The van der Waals surface area contributed by atoms with Crippen LogP contribution in [0.2, 0.25) is 5.02 Å². The van der Waals surface area contributed by atoms with Gasteiger partial charge in [-0.1, -0.05) is 24.9 Å². The fraction of sp³-hybridized carbons (Fsp3) is 0.444. The number of benzene rings is 2. The predicted octanol–water partition coefficient (Wildman–Crippen LogP) is 5.34. The number of likely N-dealkylation sites (tertiary alicyclic amines) is 1. The normalized spacial score (nSPS) is 20.4. The summed E-state index contributed by atoms with van der Waals surface area (Å²) in [7, 11) is 0. The van der Waals surface area contributed by atoms with Gasteiger partial charge < -0.3 is 14.2 Å². The van der Waals surface area contributed by atoms with E-state index in [1.807, 2.05) is 31.2 Å². The lowest BCUT2D eigenvalue weighted by Gasteiger charge is -2.29. The molecule has 2 aliphatic heterocycles. The molecule has 2 atom stereocenters. The Morgan fingerprint density at radius 1 is 1.11 bits per heavy atom. The molecule has 0 N–H and O–H groups in total. The number of halogens is 1. The summed E-state index contributed by atoms with van der Waals surface area (Å²) in [6.45, 7) is 3.13. The van der Waals surface area contributed by atoms with Crippen molar-refractivity contribution in [3.05, 3.63) is 52.0 Å². The van der Waals surface area contributed by atoms with E-state index in [1.54, 1.807) is 6.07 Å². The first kappa shape index (κ1) is 23.7. The lowest BCUT2D eigenvalue weighted by atomic mass is 9.83. The summed E-state index contributed by atoms with van der Waals surface area (Å²) in [5, 5.41) is 0.611. The second-order valence-corrected chi connectivity index (χ2v) is 9.68. The van der Waals surface area contributed by atoms with Crippen molar-refractivity contribution in [2.24, 2.45) is 0 Å². The van der Waals surface area contributed by atoms with Gasteiger partial charge in [0.1, 0.15) is 18.4 Å². The molecule has 5 rings (SSSR count). The summed E-state index contributed by atoms with van der Waals surface area (Å²) in [6.07, 6.45) is 2.57. The molecule has 3 aliphatic rings. The standard InChI is InChI=1S/C27H28ClNO6/c1-2-3-11-33-27(32)29-10-4-5-22(29)26(31)35-23-9-6-16-12-20-17(13-21(16)25(23)30)15-34-24-14-18(28)7-8-19(20)24/h7-8,12-14,22-23H,2-6,9-11,15H2,1H3. The van der Waals surface area contributed by atoms with E-state index in [9.17, 15) is 14.4 Å². The molecule has 0 radical (unpaired) electrons. The molecule has 2 aromatic carbocycles. The second-order valence-electron chi connectivity index (χ2n) is 9.24. The van der Waals surface area contributed by atoms with Crippen LogP contribution >= 0.6 is 11.6 Å².